The summed E-state index contributed by atoms with van der Waals surface area (Å²) in [5.41, 5.74) is 2.07. The van der Waals surface area contributed by atoms with E-state index in [1.54, 1.807) is 0 Å². The molecule has 2 unspecified atom stereocenters. The zero-order valence-corrected chi connectivity index (χ0v) is 22.7. The van der Waals surface area contributed by atoms with Gasteiger partial charge in [-0.15, -0.1) is 0 Å². The van der Waals surface area contributed by atoms with Crippen molar-refractivity contribution in [2.24, 2.45) is 0 Å². The molecule has 0 heterocycles. The van der Waals surface area contributed by atoms with E-state index in [2.05, 4.69) is 50.5 Å². The summed E-state index contributed by atoms with van der Waals surface area (Å²) in [6.07, 6.45) is 0. The van der Waals surface area contributed by atoms with E-state index in [1.807, 2.05) is 48.5 Å². The summed E-state index contributed by atoms with van der Waals surface area (Å²) in [4.78, 5) is 0. The molecular formula is C26H32Cl2O2Si2. The van der Waals surface area contributed by atoms with Gasteiger partial charge in [0.05, 0.1) is 16.1 Å². The van der Waals surface area contributed by atoms with E-state index < -0.39 is 16.1 Å². The average molecular weight is 504 g/mol. The fourth-order valence-electron chi connectivity index (χ4n) is 4.68. The first-order valence-corrected chi connectivity index (χ1v) is 17.9. The zero-order chi connectivity index (χ0) is 23.5. The Hall–Kier alpha value is -1.41. The smallest absolute Gasteiger partial charge is 0.0906 e. The molecule has 0 bridgehead atoms. The molecule has 0 aliphatic carbocycles. The van der Waals surface area contributed by atoms with Crippen LogP contribution in [-0.4, -0.2) is 39.6 Å². The molecule has 6 heteroatoms. The van der Waals surface area contributed by atoms with Crippen molar-refractivity contribution in [2.45, 2.75) is 37.3 Å². The maximum absolute atomic E-state index is 10.3. The van der Waals surface area contributed by atoms with Gasteiger partial charge in [-0.05, 0) is 23.3 Å². The number of rotatable bonds is 8. The maximum atomic E-state index is 10.3. The molecule has 0 aliphatic rings. The van der Waals surface area contributed by atoms with Crippen molar-refractivity contribution >= 4 is 49.7 Å². The maximum Gasteiger partial charge on any atom is 0.0906 e. The number of hydrogen-bond acceptors (Lipinski definition) is 2. The molecule has 0 fully saturated rings. The first-order chi connectivity index (χ1) is 15.1. The Morgan fingerprint density at radius 3 is 1.19 bits per heavy atom. The average Bonchev–Trinajstić information content (AvgIpc) is 2.77. The van der Waals surface area contributed by atoms with Crippen LogP contribution in [0.25, 0.3) is 0 Å². The lowest BCUT2D eigenvalue weighted by atomic mass is 10.1. The van der Waals surface area contributed by atoms with Crippen molar-refractivity contribution in [3.05, 3.63) is 94.0 Å². The largest absolute Gasteiger partial charge is 0.396 e. The van der Waals surface area contributed by atoms with E-state index >= 15 is 0 Å². The third-order valence-corrected chi connectivity index (χ3v) is 15.8. The Labute approximate surface area is 203 Å². The summed E-state index contributed by atoms with van der Waals surface area (Å²) in [7, 11) is -4.12. The van der Waals surface area contributed by atoms with Crippen LogP contribution in [-0.2, 0) is 0 Å². The lowest BCUT2D eigenvalue weighted by molar-refractivity contribution is 0.290. The third-order valence-electron chi connectivity index (χ3n) is 7.04. The van der Waals surface area contributed by atoms with Crippen molar-refractivity contribution < 1.29 is 10.2 Å². The SMILES string of the molecule is C[Si](C)(c1ccc([Si](C)(C)C(CO)c2ccccc2Cl)cc1)C(CO)c1ccccc1Cl. The van der Waals surface area contributed by atoms with Gasteiger partial charge < -0.3 is 10.2 Å². The highest BCUT2D eigenvalue weighted by atomic mass is 35.5. The lowest BCUT2D eigenvalue weighted by Crippen LogP contribution is -2.52. The zero-order valence-electron chi connectivity index (χ0n) is 19.1. The molecule has 0 spiro atoms. The first kappa shape index (κ1) is 25.2. The van der Waals surface area contributed by atoms with Crippen LogP contribution >= 0.6 is 23.2 Å². The molecular weight excluding hydrogens is 471 g/mol. The monoisotopic (exact) mass is 502 g/mol. The number of benzene rings is 3. The molecule has 2 N–H and O–H groups in total. The quantitative estimate of drug-likeness (QED) is 0.401. The Kier molecular flexibility index (Phi) is 8.08. The molecule has 3 rings (SSSR count). The number of halogens is 2. The molecule has 0 aliphatic heterocycles. The predicted octanol–water partition coefficient (Wildman–Crippen LogP) is 5.45. The minimum absolute atomic E-state index is 0.0145. The highest BCUT2D eigenvalue weighted by molar-refractivity contribution is 6.92. The van der Waals surface area contributed by atoms with Crippen LogP contribution in [0.1, 0.15) is 22.2 Å². The summed E-state index contributed by atoms with van der Waals surface area (Å²) < 4.78 is 0. The van der Waals surface area contributed by atoms with Crippen LogP contribution in [0.15, 0.2) is 72.8 Å². The van der Waals surface area contributed by atoms with E-state index in [9.17, 15) is 10.2 Å². The van der Waals surface area contributed by atoms with Gasteiger partial charge in [0.25, 0.3) is 0 Å². The van der Waals surface area contributed by atoms with E-state index in [-0.39, 0.29) is 24.3 Å². The molecule has 0 aromatic heterocycles. The van der Waals surface area contributed by atoms with Gasteiger partial charge in [-0.2, -0.15) is 0 Å². The fourth-order valence-corrected chi connectivity index (χ4v) is 11.2. The number of aliphatic hydroxyl groups is 2. The minimum atomic E-state index is -2.06. The van der Waals surface area contributed by atoms with Crippen molar-refractivity contribution in [3.63, 3.8) is 0 Å². The van der Waals surface area contributed by atoms with E-state index in [0.717, 1.165) is 11.1 Å². The Morgan fingerprint density at radius 2 is 0.906 bits per heavy atom. The molecule has 3 aromatic carbocycles. The van der Waals surface area contributed by atoms with Crippen molar-refractivity contribution in [2.75, 3.05) is 13.2 Å². The molecule has 0 amide bonds. The Bertz CT molecular complexity index is 967. The second kappa shape index (κ2) is 10.2. The van der Waals surface area contributed by atoms with Gasteiger partial charge in [0, 0.05) is 34.3 Å². The summed E-state index contributed by atoms with van der Waals surface area (Å²) >= 11 is 13.0. The molecule has 170 valence electrons. The number of aliphatic hydroxyl groups excluding tert-OH is 2. The van der Waals surface area contributed by atoms with E-state index in [0.29, 0.717) is 10.0 Å². The summed E-state index contributed by atoms with van der Waals surface area (Å²) in [6.45, 7) is 9.29. The lowest BCUT2D eigenvalue weighted by Gasteiger charge is -2.35. The molecule has 32 heavy (non-hydrogen) atoms. The second-order valence-corrected chi connectivity index (χ2v) is 19.8. The van der Waals surface area contributed by atoms with Gasteiger partial charge in [0.15, 0.2) is 0 Å². The summed E-state index contributed by atoms with van der Waals surface area (Å²) in [5.74, 6) is 0. The fraction of sp³-hybridized carbons (Fsp3) is 0.308. The van der Waals surface area contributed by atoms with E-state index in [4.69, 9.17) is 23.2 Å². The van der Waals surface area contributed by atoms with Crippen molar-refractivity contribution in [1.29, 1.82) is 0 Å². The summed E-state index contributed by atoms with van der Waals surface area (Å²) in [6, 6.07) is 24.5. The van der Waals surface area contributed by atoms with Gasteiger partial charge >= 0.3 is 0 Å². The van der Waals surface area contributed by atoms with Gasteiger partial charge in [0.1, 0.15) is 0 Å². The third kappa shape index (κ3) is 4.91. The summed E-state index contributed by atoms with van der Waals surface area (Å²) in [5, 5.41) is 24.6. The molecule has 0 radical (unpaired) electrons. The number of hydrogen-bond donors (Lipinski definition) is 2. The van der Waals surface area contributed by atoms with Crippen LogP contribution in [0.5, 0.6) is 0 Å². The van der Waals surface area contributed by atoms with Crippen LogP contribution in [0.4, 0.5) is 0 Å². The predicted molar refractivity (Wildman–Crippen MR) is 143 cm³/mol. The molecule has 2 nitrogen and oxygen atoms in total. The molecule has 2 atom stereocenters. The highest BCUT2D eigenvalue weighted by Gasteiger charge is 2.38. The van der Waals surface area contributed by atoms with Crippen LogP contribution in [0.2, 0.25) is 36.2 Å². The highest BCUT2D eigenvalue weighted by Crippen LogP contribution is 2.33. The Balaban J connectivity index is 1.95. The molecule has 0 saturated heterocycles. The van der Waals surface area contributed by atoms with Crippen molar-refractivity contribution in [3.8, 4) is 0 Å². The normalized spacial score (nSPS) is 14.2. The van der Waals surface area contributed by atoms with Crippen LogP contribution in [0.3, 0.4) is 0 Å². The van der Waals surface area contributed by atoms with Crippen LogP contribution in [0, 0.1) is 0 Å². The standard InChI is InChI=1S/C26H32Cl2O2Si2/c1-31(2,25(17-29)21-9-5-7-11-23(21)27)19-13-15-20(16-14-19)32(3,4)26(18-30)22-10-6-8-12-24(22)28/h5-16,25-26,29-30H,17-18H2,1-4H3. The van der Waals surface area contributed by atoms with Gasteiger partial charge in [-0.3, -0.25) is 0 Å². The van der Waals surface area contributed by atoms with E-state index in [1.165, 1.54) is 10.4 Å². The second-order valence-electron chi connectivity index (χ2n) is 9.53. The Morgan fingerprint density at radius 1 is 0.594 bits per heavy atom. The molecule has 0 saturated carbocycles. The van der Waals surface area contributed by atoms with Crippen molar-refractivity contribution in [1.82, 2.24) is 0 Å². The minimum Gasteiger partial charge on any atom is -0.396 e. The van der Waals surface area contributed by atoms with Gasteiger partial charge in [-0.1, -0.05) is 120 Å². The van der Waals surface area contributed by atoms with Gasteiger partial charge in [-0.25, -0.2) is 0 Å². The first-order valence-electron chi connectivity index (χ1n) is 11.0. The molecule has 3 aromatic rings. The van der Waals surface area contributed by atoms with Gasteiger partial charge in [0.2, 0.25) is 0 Å². The van der Waals surface area contributed by atoms with Crippen LogP contribution < -0.4 is 10.4 Å². The topological polar surface area (TPSA) is 40.5 Å².